The Morgan fingerprint density at radius 2 is 1.47 bits per heavy atom. The van der Waals surface area contributed by atoms with Gasteiger partial charge in [-0.1, -0.05) is 0 Å². The fourth-order valence-corrected chi connectivity index (χ4v) is 3.88. The van der Waals surface area contributed by atoms with Crippen LogP contribution in [0.2, 0.25) is 0 Å². The normalized spacial score (nSPS) is 19.0. The highest BCUT2D eigenvalue weighted by molar-refractivity contribution is 5.92. The number of nitrogens with one attached hydrogen (secondary N) is 1. The number of likely N-dealkylation sites (N-methyl/N-ethyl adjacent to an activating group) is 1. The molecule has 3 rings (SSSR count). The lowest BCUT2D eigenvalue weighted by Gasteiger charge is -2.40. The molecule has 7 heteroatoms. The molecule has 0 unspecified atom stereocenters. The molecule has 0 radical (unpaired) electrons. The summed E-state index contributed by atoms with van der Waals surface area (Å²) in [6.45, 7) is 14.2. The lowest BCUT2D eigenvalue weighted by Crippen LogP contribution is -2.47. The fraction of sp³-hybridized carbons (Fsp3) is 0.652. The van der Waals surface area contributed by atoms with E-state index in [0.29, 0.717) is 0 Å². The Morgan fingerprint density at radius 1 is 0.967 bits per heavy atom. The largest absolute Gasteiger partial charge is 0.481 e. The molecule has 168 valence electrons. The first-order valence-electron chi connectivity index (χ1n) is 10.9. The molecule has 0 aliphatic carbocycles. The molecule has 0 bridgehead atoms. The second-order valence-corrected chi connectivity index (χ2v) is 9.28. The smallest absolute Gasteiger partial charge is 0.300 e. The van der Waals surface area contributed by atoms with Crippen molar-refractivity contribution in [3.63, 3.8) is 0 Å². The standard InChI is InChI=1S/C21H34N4O.C2H4O2/c1-21(2,3)25-11-9-17(10-12-25)20(26)22-18-5-7-19(8-6-18)24-15-13-23(4)14-16-24;1-2(3)4/h5-8,17H,9-16H2,1-4H3,(H,22,26);1H3,(H,3,4). The molecule has 2 heterocycles. The zero-order valence-electron chi connectivity index (χ0n) is 19.1. The van der Waals surface area contributed by atoms with Gasteiger partial charge in [-0.25, -0.2) is 0 Å². The summed E-state index contributed by atoms with van der Waals surface area (Å²) >= 11 is 0. The van der Waals surface area contributed by atoms with E-state index in [1.165, 1.54) is 5.69 Å². The third-order valence-electron chi connectivity index (χ3n) is 5.82. The average Bonchev–Trinajstić information content (AvgIpc) is 2.68. The molecule has 0 aromatic heterocycles. The second-order valence-electron chi connectivity index (χ2n) is 9.28. The monoisotopic (exact) mass is 418 g/mol. The van der Waals surface area contributed by atoms with Crippen molar-refractivity contribution in [2.75, 3.05) is 56.5 Å². The van der Waals surface area contributed by atoms with Gasteiger partial charge < -0.3 is 20.2 Å². The number of hydrogen-bond donors (Lipinski definition) is 2. The van der Waals surface area contributed by atoms with Crippen molar-refractivity contribution in [1.29, 1.82) is 0 Å². The average molecular weight is 419 g/mol. The molecule has 7 nitrogen and oxygen atoms in total. The van der Waals surface area contributed by atoms with Crippen molar-refractivity contribution in [1.82, 2.24) is 9.80 Å². The Labute approximate surface area is 181 Å². The van der Waals surface area contributed by atoms with Gasteiger partial charge in [0.25, 0.3) is 5.97 Å². The maximum atomic E-state index is 12.6. The van der Waals surface area contributed by atoms with Gasteiger partial charge in [-0.2, -0.15) is 0 Å². The number of anilines is 2. The molecule has 2 N–H and O–H groups in total. The van der Waals surface area contributed by atoms with Crippen molar-refractivity contribution in [3.05, 3.63) is 24.3 Å². The maximum Gasteiger partial charge on any atom is 0.300 e. The van der Waals surface area contributed by atoms with Crippen molar-refractivity contribution in [2.24, 2.45) is 5.92 Å². The SMILES string of the molecule is CC(=O)O.CN1CCN(c2ccc(NC(=O)C3CCN(C(C)(C)C)CC3)cc2)CC1. The van der Waals surface area contributed by atoms with E-state index in [-0.39, 0.29) is 17.4 Å². The number of carbonyl (C=O) groups is 2. The van der Waals surface area contributed by atoms with Crippen LogP contribution in [0.4, 0.5) is 11.4 Å². The van der Waals surface area contributed by atoms with Crippen molar-refractivity contribution in [2.45, 2.75) is 46.1 Å². The van der Waals surface area contributed by atoms with Gasteiger partial charge in [0.1, 0.15) is 0 Å². The van der Waals surface area contributed by atoms with Gasteiger partial charge in [0.2, 0.25) is 5.91 Å². The molecule has 30 heavy (non-hydrogen) atoms. The van der Waals surface area contributed by atoms with E-state index in [4.69, 9.17) is 9.90 Å². The molecule has 1 aromatic rings. The van der Waals surface area contributed by atoms with Crippen LogP contribution in [-0.4, -0.2) is 78.6 Å². The van der Waals surface area contributed by atoms with E-state index >= 15 is 0 Å². The lowest BCUT2D eigenvalue weighted by molar-refractivity contribution is -0.134. The molecular weight excluding hydrogens is 380 g/mol. The molecule has 2 saturated heterocycles. The Morgan fingerprint density at radius 3 is 1.93 bits per heavy atom. The highest BCUT2D eigenvalue weighted by Gasteiger charge is 2.30. The van der Waals surface area contributed by atoms with Gasteiger partial charge in [-0.3, -0.25) is 14.5 Å². The van der Waals surface area contributed by atoms with E-state index in [1.807, 2.05) is 12.1 Å². The van der Waals surface area contributed by atoms with Gasteiger partial charge in [0, 0.05) is 55.9 Å². The quantitative estimate of drug-likeness (QED) is 0.786. The number of aliphatic carboxylic acids is 1. The first-order chi connectivity index (χ1) is 14.1. The maximum absolute atomic E-state index is 12.6. The van der Waals surface area contributed by atoms with Crippen LogP contribution in [0.25, 0.3) is 0 Å². The zero-order chi connectivity index (χ0) is 22.3. The van der Waals surface area contributed by atoms with E-state index in [9.17, 15) is 4.79 Å². The molecule has 0 atom stereocenters. The Bertz CT molecular complexity index is 679. The molecule has 2 fully saturated rings. The van der Waals surface area contributed by atoms with Crippen LogP contribution in [0, 0.1) is 5.92 Å². The highest BCUT2D eigenvalue weighted by atomic mass is 16.4. The first-order valence-corrected chi connectivity index (χ1v) is 10.9. The van der Waals surface area contributed by atoms with Gasteiger partial charge >= 0.3 is 0 Å². The third-order valence-corrected chi connectivity index (χ3v) is 5.82. The number of carbonyl (C=O) groups excluding carboxylic acids is 1. The predicted octanol–water partition coefficient (Wildman–Crippen LogP) is 2.98. The molecule has 2 aliphatic heterocycles. The Hall–Kier alpha value is -2.12. The number of nitrogens with zero attached hydrogens (tertiary/aromatic N) is 3. The van der Waals surface area contributed by atoms with Crippen molar-refractivity contribution >= 4 is 23.3 Å². The van der Waals surface area contributed by atoms with Crippen molar-refractivity contribution < 1.29 is 14.7 Å². The predicted molar refractivity (Wildman–Crippen MR) is 122 cm³/mol. The summed E-state index contributed by atoms with van der Waals surface area (Å²) in [5, 5.41) is 10.5. The van der Waals surface area contributed by atoms with E-state index in [1.54, 1.807) is 0 Å². The molecule has 2 aliphatic rings. The molecule has 1 aromatic carbocycles. The molecular formula is C23H38N4O3. The van der Waals surface area contributed by atoms with Crippen molar-refractivity contribution in [3.8, 4) is 0 Å². The van der Waals surface area contributed by atoms with Crippen LogP contribution < -0.4 is 10.2 Å². The van der Waals surface area contributed by atoms with E-state index < -0.39 is 5.97 Å². The van der Waals surface area contributed by atoms with Crippen LogP contribution >= 0.6 is 0 Å². The number of likely N-dealkylation sites (tertiary alicyclic amines) is 1. The summed E-state index contributed by atoms with van der Waals surface area (Å²) in [5.41, 5.74) is 2.35. The second kappa shape index (κ2) is 10.8. The zero-order valence-corrected chi connectivity index (χ0v) is 19.1. The summed E-state index contributed by atoms with van der Waals surface area (Å²) in [5.74, 6) is -0.531. The van der Waals surface area contributed by atoms with E-state index in [2.05, 4.69) is 60.0 Å². The number of rotatable bonds is 3. The summed E-state index contributed by atoms with van der Waals surface area (Å²) in [7, 11) is 2.17. The van der Waals surface area contributed by atoms with Crippen LogP contribution in [-0.2, 0) is 9.59 Å². The minimum absolute atomic E-state index is 0.130. The number of carboxylic acids is 1. The fourth-order valence-electron chi connectivity index (χ4n) is 3.88. The number of piperidine rings is 1. The number of piperazine rings is 1. The van der Waals surface area contributed by atoms with Crippen LogP contribution in [0.3, 0.4) is 0 Å². The third kappa shape index (κ3) is 7.61. The summed E-state index contributed by atoms with van der Waals surface area (Å²) in [6.07, 6.45) is 1.89. The van der Waals surface area contributed by atoms with Crippen LogP contribution in [0.5, 0.6) is 0 Å². The summed E-state index contributed by atoms with van der Waals surface area (Å²) < 4.78 is 0. The number of benzene rings is 1. The lowest BCUT2D eigenvalue weighted by atomic mass is 9.92. The van der Waals surface area contributed by atoms with Crippen LogP contribution in [0.1, 0.15) is 40.5 Å². The van der Waals surface area contributed by atoms with E-state index in [0.717, 1.165) is 64.7 Å². The molecule has 0 spiro atoms. The Kier molecular flexibility index (Phi) is 8.67. The summed E-state index contributed by atoms with van der Waals surface area (Å²) in [4.78, 5) is 28.8. The van der Waals surface area contributed by atoms with Gasteiger partial charge in [0.15, 0.2) is 0 Å². The highest BCUT2D eigenvalue weighted by Crippen LogP contribution is 2.25. The minimum Gasteiger partial charge on any atom is -0.481 e. The summed E-state index contributed by atoms with van der Waals surface area (Å²) in [6, 6.07) is 8.33. The number of amides is 1. The van der Waals surface area contributed by atoms with Gasteiger partial charge in [-0.15, -0.1) is 0 Å². The Balaban J connectivity index is 0.000000735. The molecule has 1 amide bonds. The minimum atomic E-state index is -0.833. The van der Waals surface area contributed by atoms with Gasteiger partial charge in [-0.05, 0) is 78.0 Å². The van der Waals surface area contributed by atoms with Crippen LogP contribution in [0.15, 0.2) is 24.3 Å². The topological polar surface area (TPSA) is 76.1 Å². The number of carboxylic acid groups (broad SMARTS) is 1. The molecule has 0 saturated carbocycles. The van der Waals surface area contributed by atoms with Gasteiger partial charge in [0.05, 0.1) is 0 Å². The number of hydrogen-bond acceptors (Lipinski definition) is 5. The first kappa shape index (κ1) is 24.2.